The third-order valence-electron chi connectivity index (χ3n) is 4.97. The zero-order chi connectivity index (χ0) is 22.1. The number of carbonyl (C=O) groups excluding carboxylic acids is 1. The van der Waals surface area contributed by atoms with Crippen molar-refractivity contribution < 1.29 is 18.7 Å². The van der Waals surface area contributed by atoms with E-state index in [4.69, 9.17) is 14.5 Å². The van der Waals surface area contributed by atoms with Gasteiger partial charge in [0, 0.05) is 46.7 Å². The number of aromatic nitrogens is 3. The summed E-state index contributed by atoms with van der Waals surface area (Å²) in [5.74, 6) is -0.402. The Hall–Kier alpha value is -2.40. The molecule has 0 atom stereocenters. The summed E-state index contributed by atoms with van der Waals surface area (Å²) >= 11 is 2.17. The van der Waals surface area contributed by atoms with Crippen molar-refractivity contribution in [1.29, 1.82) is 0 Å². The molecule has 0 spiro atoms. The van der Waals surface area contributed by atoms with Gasteiger partial charge in [-0.2, -0.15) is 9.19 Å². The van der Waals surface area contributed by atoms with E-state index in [1.807, 2.05) is 32.2 Å². The molecule has 9 heteroatoms. The molecule has 2 aromatic carbocycles. The second kappa shape index (κ2) is 8.99. The van der Waals surface area contributed by atoms with Crippen molar-refractivity contribution >= 4 is 58.1 Å². The second-order valence-corrected chi connectivity index (χ2v) is 8.91. The number of methoxy groups -OCH3 is 1. The number of hydrogen-bond acceptors (Lipinski definition) is 6. The summed E-state index contributed by atoms with van der Waals surface area (Å²) in [6, 6.07) is 10.4. The van der Waals surface area contributed by atoms with Gasteiger partial charge in [-0.25, -0.2) is 14.2 Å². The van der Waals surface area contributed by atoms with Crippen molar-refractivity contribution in [3.63, 3.8) is 0 Å². The van der Waals surface area contributed by atoms with Gasteiger partial charge >= 0.3 is 5.97 Å². The number of hydrogen-bond donors (Lipinski definition) is 0. The molecule has 0 bridgehead atoms. The fourth-order valence-corrected chi connectivity index (χ4v) is 4.83. The van der Waals surface area contributed by atoms with E-state index in [9.17, 15) is 9.18 Å². The number of rotatable bonds is 6. The van der Waals surface area contributed by atoms with Crippen LogP contribution in [0.25, 0.3) is 32.9 Å². The Kier molecular flexibility index (Phi) is 6.33. The first-order valence-electron chi connectivity index (χ1n) is 9.53. The smallest absolute Gasteiger partial charge is 0.343 e. The van der Waals surface area contributed by atoms with Crippen LogP contribution in [0.4, 0.5) is 4.39 Å². The highest BCUT2D eigenvalue weighted by Gasteiger charge is 2.22. The largest absolute Gasteiger partial charge is 0.466 e. The van der Waals surface area contributed by atoms with Gasteiger partial charge in [-0.05, 0) is 41.3 Å². The molecular weight excluding hydrogens is 532 g/mol. The molecule has 0 radical (unpaired) electrons. The van der Waals surface area contributed by atoms with Gasteiger partial charge in [0.15, 0.2) is 6.61 Å². The SMILES string of the molecule is COC(=O)COc1nc2cc3c(cnn3SI)cc2c(-c2ccc(F)cc2)c1C(C)C. The van der Waals surface area contributed by atoms with E-state index in [0.717, 1.165) is 33.0 Å². The van der Waals surface area contributed by atoms with Crippen LogP contribution >= 0.6 is 30.3 Å². The molecule has 0 amide bonds. The first-order valence-corrected chi connectivity index (χ1v) is 12.8. The Labute approximate surface area is 194 Å². The van der Waals surface area contributed by atoms with E-state index >= 15 is 0 Å². The molecule has 4 aromatic rings. The Bertz CT molecular complexity index is 1270. The summed E-state index contributed by atoms with van der Waals surface area (Å²) in [6.07, 6.45) is 1.81. The molecule has 0 saturated carbocycles. The first-order chi connectivity index (χ1) is 14.9. The molecule has 160 valence electrons. The highest BCUT2D eigenvalue weighted by atomic mass is 127. The zero-order valence-electron chi connectivity index (χ0n) is 17.1. The molecule has 2 aromatic heterocycles. The molecule has 31 heavy (non-hydrogen) atoms. The average Bonchev–Trinajstić information content (AvgIpc) is 3.17. The van der Waals surface area contributed by atoms with E-state index in [1.165, 1.54) is 28.4 Å². The van der Waals surface area contributed by atoms with Gasteiger partial charge in [0.05, 0.1) is 24.3 Å². The van der Waals surface area contributed by atoms with Crippen LogP contribution in [0, 0.1) is 5.82 Å². The van der Waals surface area contributed by atoms with Crippen LogP contribution in [0.5, 0.6) is 5.88 Å². The minimum absolute atomic E-state index is 0.0351. The van der Waals surface area contributed by atoms with Gasteiger partial charge in [0.2, 0.25) is 5.88 Å². The molecule has 0 N–H and O–H groups in total. The van der Waals surface area contributed by atoms with Crippen LogP contribution in [0.2, 0.25) is 0 Å². The standard InChI is InChI=1S/C22H19FIN3O3S/c1-12(2)20-21(13-4-6-15(23)7-5-13)16-8-14-10-25-27(31-24)18(14)9-17(16)26-22(20)30-11-19(28)29-3/h4-10,12H,11H2,1-3H3. The Morgan fingerprint density at radius 2 is 2.00 bits per heavy atom. The number of halogens is 2. The molecule has 2 heterocycles. The number of fused-ring (bicyclic) bond motifs is 2. The van der Waals surface area contributed by atoms with Gasteiger partial charge in [0.1, 0.15) is 5.82 Å². The lowest BCUT2D eigenvalue weighted by molar-refractivity contribution is -0.143. The van der Waals surface area contributed by atoms with Gasteiger partial charge in [-0.15, -0.1) is 0 Å². The number of nitrogens with zero attached hydrogens (tertiary/aromatic N) is 3. The number of ether oxygens (including phenoxy) is 2. The second-order valence-electron chi connectivity index (χ2n) is 7.25. The van der Waals surface area contributed by atoms with E-state index in [-0.39, 0.29) is 18.3 Å². The highest BCUT2D eigenvalue weighted by Crippen LogP contribution is 2.42. The Balaban J connectivity index is 2.05. The summed E-state index contributed by atoms with van der Waals surface area (Å²) in [4.78, 5) is 16.5. The van der Waals surface area contributed by atoms with Crippen LogP contribution < -0.4 is 4.74 Å². The number of benzene rings is 2. The predicted molar refractivity (Wildman–Crippen MR) is 129 cm³/mol. The molecule has 0 aliphatic rings. The first kappa shape index (κ1) is 21.8. The van der Waals surface area contributed by atoms with Gasteiger partial charge in [-0.3, -0.25) is 0 Å². The summed E-state index contributed by atoms with van der Waals surface area (Å²) < 4.78 is 26.0. The lowest BCUT2D eigenvalue weighted by Gasteiger charge is -2.20. The van der Waals surface area contributed by atoms with E-state index < -0.39 is 5.97 Å². The fraction of sp³-hybridized carbons (Fsp3) is 0.227. The van der Waals surface area contributed by atoms with E-state index in [1.54, 1.807) is 16.2 Å². The minimum atomic E-state index is -0.491. The van der Waals surface area contributed by atoms with Crippen molar-refractivity contribution in [2.24, 2.45) is 0 Å². The normalized spacial score (nSPS) is 11.4. The Morgan fingerprint density at radius 3 is 2.65 bits per heavy atom. The van der Waals surface area contributed by atoms with Gasteiger partial charge < -0.3 is 9.47 Å². The third kappa shape index (κ3) is 4.20. The van der Waals surface area contributed by atoms with Crippen molar-refractivity contribution in [3.8, 4) is 17.0 Å². The lowest BCUT2D eigenvalue weighted by Crippen LogP contribution is -2.15. The van der Waals surface area contributed by atoms with Crippen molar-refractivity contribution in [2.45, 2.75) is 19.8 Å². The number of carbonyl (C=O) groups is 1. The van der Waals surface area contributed by atoms with Crippen molar-refractivity contribution in [2.75, 3.05) is 13.7 Å². The average molecular weight is 551 g/mol. The fourth-order valence-electron chi connectivity index (χ4n) is 3.57. The maximum absolute atomic E-state index is 13.7. The van der Waals surface area contributed by atoms with Crippen molar-refractivity contribution in [1.82, 2.24) is 14.2 Å². The van der Waals surface area contributed by atoms with Gasteiger partial charge in [0.25, 0.3) is 0 Å². The highest BCUT2D eigenvalue weighted by molar-refractivity contribution is 14.2. The summed E-state index contributed by atoms with van der Waals surface area (Å²) in [5.41, 5.74) is 4.20. The lowest BCUT2D eigenvalue weighted by atomic mass is 9.90. The van der Waals surface area contributed by atoms with Crippen LogP contribution in [0.1, 0.15) is 25.3 Å². The van der Waals surface area contributed by atoms with Crippen LogP contribution in [-0.2, 0) is 9.53 Å². The van der Waals surface area contributed by atoms with Crippen molar-refractivity contribution in [3.05, 3.63) is 54.0 Å². The minimum Gasteiger partial charge on any atom is -0.466 e. The van der Waals surface area contributed by atoms with Crippen LogP contribution in [-0.4, -0.2) is 33.9 Å². The van der Waals surface area contributed by atoms with E-state index in [2.05, 4.69) is 26.3 Å². The topological polar surface area (TPSA) is 66.2 Å². The molecule has 0 fully saturated rings. The molecule has 6 nitrogen and oxygen atoms in total. The summed E-state index contributed by atoms with van der Waals surface area (Å²) in [5, 5.41) is 6.28. The number of pyridine rings is 1. The van der Waals surface area contributed by atoms with E-state index in [0.29, 0.717) is 11.4 Å². The Morgan fingerprint density at radius 1 is 1.26 bits per heavy atom. The predicted octanol–water partition coefficient (Wildman–Crippen LogP) is 5.91. The molecule has 0 unspecified atom stereocenters. The molecular formula is C22H19FIN3O3S. The van der Waals surface area contributed by atoms with Crippen LogP contribution in [0.3, 0.4) is 0 Å². The van der Waals surface area contributed by atoms with Crippen LogP contribution in [0.15, 0.2) is 42.6 Å². The van der Waals surface area contributed by atoms with Gasteiger partial charge in [-0.1, -0.05) is 26.0 Å². The quantitative estimate of drug-likeness (QED) is 0.219. The summed E-state index contributed by atoms with van der Waals surface area (Å²) in [7, 11) is 2.77. The maximum Gasteiger partial charge on any atom is 0.343 e. The number of esters is 1. The summed E-state index contributed by atoms with van der Waals surface area (Å²) in [6.45, 7) is 3.82. The monoisotopic (exact) mass is 551 g/mol. The third-order valence-corrected chi connectivity index (χ3v) is 6.51. The molecule has 4 rings (SSSR count). The maximum atomic E-state index is 13.7. The zero-order valence-corrected chi connectivity index (χ0v) is 20.0. The molecule has 0 saturated heterocycles. The molecule has 0 aliphatic heterocycles. The molecule has 0 aliphatic carbocycles.